The molecular weight excluding hydrogens is 358 g/mol. The van der Waals surface area contributed by atoms with E-state index in [9.17, 15) is 4.79 Å². The molecule has 0 bridgehead atoms. The largest absolute Gasteiger partial charge is 0.444 e. The molecular formula is C20H31N5O3. The van der Waals surface area contributed by atoms with Crippen LogP contribution in [0.4, 0.5) is 16.4 Å². The van der Waals surface area contributed by atoms with Crippen LogP contribution in [0.5, 0.6) is 0 Å². The number of amides is 1. The first-order chi connectivity index (χ1) is 13.3. The number of morpholine rings is 1. The van der Waals surface area contributed by atoms with Crippen molar-refractivity contribution in [3.05, 3.63) is 12.4 Å². The van der Waals surface area contributed by atoms with Crippen molar-refractivity contribution < 1.29 is 14.3 Å². The molecule has 154 valence electrons. The molecule has 28 heavy (non-hydrogen) atoms. The molecule has 1 amide bonds. The molecule has 2 saturated heterocycles. The second-order valence-corrected chi connectivity index (χ2v) is 9.18. The zero-order valence-corrected chi connectivity index (χ0v) is 17.1. The molecule has 3 aliphatic rings. The van der Waals surface area contributed by atoms with Crippen molar-refractivity contribution in [3.8, 4) is 0 Å². The molecule has 1 aliphatic carbocycles. The Balaban J connectivity index is 1.28. The first-order valence-corrected chi connectivity index (χ1v) is 10.2. The van der Waals surface area contributed by atoms with Gasteiger partial charge in [0.05, 0.1) is 13.2 Å². The van der Waals surface area contributed by atoms with Crippen molar-refractivity contribution in [1.29, 1.82) is 0 Å². The molecule has 1 atom stereocenters. The number of carbonyl (C=O) groups excluding carboxylic acids is 1. The molecule has 3 heterocycles. The van der Waals surface area contributed by atoms with Gasteiger partial charge in [-0.05, 0) is 39.5 Å². The fraction of sp³-hybridized carbons (Fsp3) is 0.750. The Morgan fingerprint density at radius 3 is 2.71 bits per heavy atom. The van der Waals surface area contributed by atoms with E-state index < -0.39 is 5.60 Å². The van der Waals surface area contributed by atoms with E-state index in [0.29, 0.717) is 5.92 Å². The topological polar surface area (TPSA) is 79.8 Å². The van der Waals surface area contributed by atoms with E-state index in [2.05, 4.69) is 20.2 Å². The van der Waals surface area contributed by atoms with E-state index >= 15 is 0 Å². The normalized spacial score (nSPS) is 23.8. The quantitative estimate of drug-likeness (QED) is 0.847. The van der Waals surface area contributed by atoms with Gasteiger partial charge in [0, 0.05) is 44.2 Å². The highest BCUT2D eigenvalue weighted by atomic mass is 16.6. The monoisotopic (exact) mass is 389 g/mol. The van der Waals surface area contributed by atoms with Crippen molar-refractivity contribution in [2.24, 2.45) is 11.3 Å². The highest BCUT2D eigenvalue weighted by Gasteiger charge is 2.56. The molecule has 0 radical (unpaired) electrons. The van der Waals surface area contributed by atoms with Crippen LogP contribution in [0.1, 0.15) is 33.6 Å². The Bertz CT molecular complexity index is 708. The lowest BCUT2D eigenvalue weighted by Crippen LogP contribution is -2.67. The summed E-state index contributed by atoms with van der Waals surface area (Å²) in [5, 5.41) is 3.49. The lowest BCUT2D eigenvalue weighted by atomic mass is 9.56. The number of carbonyl (C=O) groups is 1. The SMILES string of the molecule is CC(C)(C)OC(=O)N1CC2(CCC2CNc2cc(N3CCOCC3)ncn2)C1. The number of nitrogens with zero attached hydrogens (tertiary/aromatic N) is 4. The van der Waals surface area contributed by atoms with Crippen molar-refractivity contribution >= 4 is 17.7 Å². The van der Waals surface area contributed by atoms with Gasteiger partial charge >= 0.3 is 6.09 Å². The van der Waals surface area contributed by atoms with E-state index in [1.807, 2.05) is 31.7 Å². The van der Waals surface area contributed by atoms with Gasteiger partial charge in [-0.15, -0.1) is 0 Å². The summed E-state index contributed by atoms with van der Waals surface area (Å²) in [5.41, 5.74) is -0.185. The number of anilines is 2. The third-order valence-electron chi connectivity index (χ3n) is 6.04. The Hall–Kier alpha value is -2.09. The van der Waals surface area contributed by atoms with Gasteiger partial charge in [-0.25, -0.2) is 14.8 Å². The van der Waals surface area contributed by atoms with Crippen LogP contribution in [0.15, 0.2) is 12.4 Å². The molecule has 8 heteroatoms. The van der Waals surface area contributed by atoms with Gasteiger partial charge in [-0.2, -0.15) is 0 Å². The van der Waals surface area contributed by atoms with Crippen molar-refractivity contribution in [3.63, 3.8) is 0 Å². The zero-order valence-electron chi connectivity index (χ0n) is 17.1. The van der Waals surface area contributed by atoms with E-state index in [1.165, 1.54) is 12.8 Å². The first kappa shape index (κ1) is 19.2. The van der Waals surface area contributed by atoms with E-state index in [0.717, 1.165) is 57.6 Å². The molecule has 1 aromatic heterocycles. The van der Waals surface area contributed by atoms with Crippen LogP contribution >= 0.6 is 0 Å². The van der Waals surface area contributed by atoms with Crippen LogP contribution in [0.2, 0.25) is 0 Å². The van der Waals surface area contributed by atoms with Gasteiger partial charge in [0.25, 0.3) is 0 Å². The van der Waals surface area contributed by atoms with Crippen LogP contribution in [-0.2, 0) is 9.47 Å². The van der Waals surface area contributed by atoms with E-state index in [4.69, 9.17) is 9.47 Å². The predicted octanol–water partition coefficient (Wildman–Crippen LogP) is 2.37. The molecule has 3 fully saturated rings. The number of hydrogen-bond acceptors (Lipinski definition) is 7. The minimum Gasteiger partial charge on any atom is -0.444 e. The number of rotatable bonds is 4. The van der Waals surface area contributed by atoms with Crippen molar-refractivity contribution in [2.75, 3.05) is 56.2 Å². The third kappa shape index (κ3) is 4.01. The molecule has 1 N–H and O–H groups in total. The molecule has 2 aliphatic heterocycles. The summed E-state index contributed by atoms with van der Waals surface area (Å²) in [6.45, 7) is 11.4. The highest BCUT2D eigenvalue weighted by Crippen LogP contribution is 2.53. The summed E-state index contributed by atoms with van der Waals surface area (Å²) in [4.78, 5) is 25.0. The Morgan fingerprint density at radius 1 is 1.32 bits per heavy atom. The number of hydrogen-bond donors (Lipinski definition) is 1. The van der Waals surface area contributed by atoms with Gasteiger partial charge < -0.3 is 24.6 Å². The van der Waals surface area contributed by atoms with E-state index in [1.54, 1.807) is 6.33 Å². The molecule has 8 nitrogen and oxygen atoms in total. The lowest BCUT2D eigenvalue weighted by Gasteiger charge is -2.60. The molecule has 1 saturated carbocycles. The zero-order chi connectivity index (χ0) is 19.8. The predicted molar refractivity (Wildman–Crippen MR) is 107 cm³/mol. The number of ether oxygens (including phenoxy) is 2. The third-order valence-corrected chi connectivity index (χ3v) is 6.04. The first-order valence-electron chi connectivity index (χ1n) is 10.2. The van der Waals surface area contributed by atoms with Crippen molar-refractivity contribution in [1.82, 2.24) is 14.9 Å². The second-order valence-electron chi connectivity index (χ2n) is 9.18. The lowest BCUT2D eigenvalue weighted by molar-refractivity contribution is -0.107. The molecule has 1 aromatic rings. The molecule has 1 unspecified atom stereocenters. The van der Waals surface area contributed by atoms with Gasteiger partial charge in [-0.3, -0.25) is 0 Å². The maximum atomic E-state index is 12.2. The van der Waals surface area contributed by atoms with Crippen LogP contribution in [0.25, 0.3) is 0 Å². The van der Waals surface area contributed by atoms with E-state index in [-0.39, 0.29) is 11.5 Å². The van der Waals surface area contributed by atoms with Gasteiger partial charge in [0.1, 0.15) is 23.6 Å². The smallest absolute Gasteiger partial charge is 0.410 e. The molecule has 4 rings (SSSR count). The highest BCUT2D eigenvalue weighted by molar-refractivity contribution is 5.69. The summed E-state index contributed by atoms with van der Waals surface area (Å²) in [6.07, 6.45) is 3.80. The van der Waals surface area contributed by atoms with Crippen LogP contribution in [0, 0.1) is 11.3 Å². The van der Waals surface area contributed by atoms with Gasteiger partial charge in [0.2, 0.25) is 0 Å². The maximum Gasteiger partial charge on any atom is 0.410 e. The summed E-state index contributed by atoms with van der Waals surface area (Å²) < 4.78 is 10.9. The fourth-order valence-electron chi connectivity index (χ4n) is 4.30. The van der Waals surface area contributed by atoms with Crippen LogP contribution < -0.4 is 10.2 Å². The minimum absolute atomic E-state index is 0.192. The summed E-state index contributed by atoms with van der Waals surface area (Å²) in [6, 6.07) is 2.02. The summed E-state index contributed by atoms with van der Waals surface area (Å²) in [7, 11) is 0. The van der Waals surface area contributed by atoms with Crippen LogP contribution in [-0.4, -0.2) is 72.5 Å². The fourth-order valence-corrected chi connectivity index (χ4v) is 4.30. The number of aromatic nitrogens is 2. The van der Waals surface area contributed by atoms with Gasteiger partial charge in [-0.1, -0.05) is 0 Å². The minimum atomic E-state index is -0.439. The second kappa shape index (κ2) is 7.39. The number of nitrogens with one attached hydrogen (secondary N) is 1. The molecule has 0 aromatic carbocycles. The maximum absolute atomic E-state index is 12.2. The standard InChI is InChI=1S/C20H31N5O3/c1-19(2,3)28-18(26)25-12-20(13-25)5-4-15(20)11-21-16-10-17(23-14-22-16)24-6-8-27-9-7-24/h10,14-15H,4-9,11-13H2,1-3H3,(H,21,22,23). The average Bonchev–Trinajstić information content (AvgIpc) is 2.59. The Labute approximate surface area is 166 Å². The molecule has 1 spiro atoms. The van der Waals surface area contributed by atoms with Gasteiger partial charge in [0.15, 0.2) is 0 Å². The summed E-state index contributed by atoms with van der Waals surface area (Å²) >= 11 is 0. The Kier molecular flexibility index (Phi) is 5.07. The average molecular weight is 390 g/mol. The Morgan fingerprint density at radius 2 is 2.07 bits per heavy atom. The number of likely N-dealkylation sites (tertiary alicyclic amines) is 1. The summed E-state index contributed by atoms with van der Waals surface area (Å²) in [5.74, 6) is 2.37. The van der Waals surface area contributed by atoms with Crippen molar-refractivity contribution in [2.45, 2.75) is 39.2 Å². The van der Waals surface area contributed by atoms with Crippen LogP contribution in [0.3, 0.4) is 0 Å².